The van der Waals surface area contributed by atoms with Gasteiger partial charge in [0.1, 0.15) is 12.4 Å². The van der Waals surface area contributed by atoms with Crippen molar-refractivity contribution in [1.82, 2.24) is 9.97 Å². The molecule has 1 aliphatic carbocycles. The Morgan fingerprint density at radius 2 is 2.00 bits per heavy atom. The summed E-state index contributed by atoms with van der Waals surface area (Å²) in [5, 5.41) is 13.5. The van der Waals surface area contributed by atoms with Gasteiger partial charge in [-0.3, -0.25) is 10.1 Å². The molecule has 0 spiro atoms. The van der Waals surface area contributed by atoms with Gasteiger partial charge in [-0.05, 0) is 18.8 Å². The Hall–Kier alpha value is -1.72. The summed E-state index contributed by atoms with van der Waals surface area (Å²) in [6, 6.07) is 0. The first-order valence-electron chi connectivity index (χ1n) is 6.46. The Morgan fingerprint density at radius 1 is 1.33 bits per heavy atom. The Labute approximate surface area is 106 Å². The smallest absolute Gasteiger partial charge is 0.305 e. The summed E-state index contributed by atoms with van der Waals surface area (Å²) in [5.74, 6) is 1.36. The van der Waals surface area contributed by atoms with E-state index in [0.717, 1.165) is 18.9 Å². The highest BCUT2D eigenvalue weighted by Crippen LogP contribution is 2.28. The van der Waals surface area contributed by atoms with Gasteiger partial charge in [-0.25, -0.2) is 9.97 Å². The van der Waals surface area contributed by atoms with E-state index in [9.17, 15) is 10.1 Å². The van der Waals surface area contributed by atoms with Crippen molar-refractivity contribution in [1.29, 1.82) is 0 Å². The van der Waals surface area contributed by atoms with Crippen molar-refractivity contribution < 1.29 is 4.92 Å². The van der Waals surface area contributed by atoms with E-state index in [-0.39, 0.29) is 5.69 Å². The predicted molar refractivity (Wildman–Crippen MR) is 68.4 cm³/mol. The van der Waals surface area contributed by atoms with Crippen molar-refractivity contribution in [2.75, 3.05) is 11.9 Å². The number of rotatable bonds is 6. The van der Waals surface area contributed by atoms with Crippen LogP contribution in [-0.2, 0) is 0 Å². The van der Waals surface area contributed by atoms with Crippen LogP contribution >= 0.6 is 0 Å². The Bertz CT molecular complexity index is 388. The molecule has 1 aliphatic rings. The molecule has 1 aromatic rings. The molecule has 6 heteroatoms. The topological polar surface area (TPSA) is 81.0 Å². The quantitative estimate of drug-likeness (QED) is 0.477. The lowest BCUT2D eigenvalue weighted by Crippen LogP contribution is -2.07. The minimum absolute atomic E-state index is 0.0773. The first kappa shape index (κ1) is 12.7. The minimum atomic E-state index is -0.496. The molecule has 0 amide bonds. The van der Waals surface area contributed by atoms with Gasteiger partial charge >= 0.3 is 5.69 Å². The van der Waals surface area contributed by atoms with Gasteiger partial charge in [-0.2, -0.15) is 0 Å². The Balaban J connectivity index is 1.68. The summed E-state index contributed by atoms with van der Waals surface area (Å²) in [6.45, 7) is 0.828. The molecule has 1 fully saturated rings. The lowest BCUT2D eigenvalue weighted by atomic mass is 10.0. The van der Waals surface area contributed by atoms with Crippen LogP contribution in [0.2, 0.25) is 0 Å². The number of nitro groups is 1. The van der Waals surface area contributed by atoms with Crippen molar-refractivity contribution in [3.63, 3.8) is 0 Å². The molecule has 0 atom stereocenters. The summed E-state index contributed by atoms with van der Waals surface area (Å²) >= 11 is 0. The van der Waals surface area contributed by atoms with Crippen molar-refractivity contribution >= 4 is 11.6 Å². The molecule has 6 nitrogen and oxygen atoms in total. The molecule has 98 valence electrons. The Kier molecular flexibility index (Phi) is 4.44. The van der Waals surface area contributed by atoms with Crippen LogP contribution in [0.1, 0.15) is 38.5 Å². The molecule has 0 bridgehead atoms. The second-order valence-corrected chi connectivity index (χ2v) is 4.74. The summed E-state index contributed by atoms with van der Waals surface area (Å²) in [5.41, 5.74) is -0.0773. The highest BCUT2D eigenvalue weighted by Gasteiger charge is 2.14. The number of nitrogens with one attached hydrogen (secondary N) is 1. The normalized spacial score (nSPS) is 15.8. The third-order valence-electron chi connectivity index (χ3n) is 3.40. The molecule has 1 saturated carbocycles. The van der Waals surface area contributed by atoms with Gasteiger partial charge in [-0.1, -0.05) is 25.7 Å². The summed E-state index contributed by atoms with van der Waals surface area (Å²) < 4.78 is 0. The van der Waals surface area contributed by atoms with Crippen LogP contribution < -0.4 is 5.32 Å². The van der Waals surface area contributed by atoms with E-state index < -0.39 is 4.92 Å². The van der Waals surface area contributed by atoms with Gasteiger partial charge in [0.25, 0.3) is 0 Å². The van der Waals surface area contributed by atoms with E-state index in [1.165, 1.54) is 44.5 Å². The zero-order chi connectivity index (χ0) is 12.8. The molecular formula is C12H18N4O2. The van der Waals surface area contributed by atoms with E-state index in [2.05, 4.69) is 15.3 Å². The summed E-state index contributed by atoms with van der Waals surface area (Å²) in [6.07, 6.45) is 10.3. The fourth-order valence-corrected chi connectivity index (χ4v) is 2.40. The second-order valence-electron chi connectivity index (χ2n) is 4.74. The molecule has 1 heterocycles. The van der Waals surface area contributed by atoms with Gasteiger partial charge in [0, 0.05) is 6.54 Å². The maximum Gasteiger partial charge on any atom is 0.305 e. The monoisotopic (exact) mass is 250 g/mol. The maximum atomic E-state index is 10.4. The van der Waals surface area contributed by atoms with E-state index in [0.29, 0.717) is 5.95 Å². The fraction of sp³-hybridized carbons (Fsp3) is 0.667. The first-order chi connectivity index (χ1) is 8.75. The second kappa shape index (κ2) is 6.28. The van der Waals surface area contributed by atoms with Gasteiger partial charge < -0.3 is 5.32 Å². The average molecular weight is 250 g/mol. The minimum Gasteiger partial charge on any atom is -0.354 e. The highest BCUT2D eigenvalue weighted by molar-refractivity contribution is 5.30. The number of aromatic nitrogens is 2. The summed E-state index contributed by atoms with van der Waals surface area (Å²) in [7, 11) is 0. The first-order valence-corrected chi connectivity index (χ1v) is 6.46. The van der Waals surface area contributed by atoms with Gasteiger partial charge in [0.2, 0.25) is 5.95 Å². The van der Waals surface area contributed by atoms with Crippen LogP contribution in [0.3, 0.4) is 0 Å². The number of nitrogens with zero attached hydrogens (tertiary/aromatic N) is 3. The molecule has 0 saturated heterocycles. The van der Waals surface area contributed by atoms with Crippen LogP contribution in [0.5, 0.6) is 0 Å². The molecule has 2 rings (SSSR count). The largest absolute Gasteiger partial charge is 0.354 e. The van der Waals surface area contributed by atoms with Crippen LogP contribution in [0.25, 0.3) is 0 Å². The number of anilines is 1. The third kappa shape index (κ3) is 3.65. The molecule has 0 unspecified atom stereocenters. The van der Waals surface area contributed by atoms with Crippen LogP contribution in [0, 0.1) is 16.0 Å². The molecule has 0 aliphatic heterocycles. The van der Waals surface area contributed by atoms with E-state index in [1.54, 1.807) is 0 Å². The molecule has 0 aromatic carbocycles. The highest BCUT2D eigenvalue weighted by atomic mass is 16.6. The van der Waals surface area contributed by atoms with Crippen molar-refractivity contribution in [3.8, 4) is 0 Å². The van der Waals surface area contributed by atoms with Crippen LogP contribution in [0.4, 0.5) is 11.6 Å². The molecule has 1 N–H and O–H groups in total. The molecule has 0 radical (unpaired) electrons. The van der Waals surface area contributed by atoms with E-state index in [1.807, 2.05) is 0 Å². The lowest BCUT2D eigenvalue weighted by Gasteiger charge is -2.08. The zero-order valence-electron chi connectivity index (χ0n) is 10.3. The van der Waals surface area contributed by atoms with Crippen molar-refractivity contribution in [2.45, 2.75) is 38.5 Å². The fourth-order valence-electron chi connectivity index (χ4n) is 2.40. The van der Waals surface area contributed by atoms with Crippen molar-refractivity contribution in [3.05, 3.63) is 22.5 Å². The predicted octanol–water partition coefficient (Wildman–Crippen LogP) is 2.77. The molecular weight excluding hydrogens is 232 g/mol. The number of hydrogen-bond acceptors (Lipinski definition) is 5. The third-order valence-corrected chi connectivity index (χ3v) is 3.40. The standard InChI is InChI=1S/C12H18N4O2/c17-16(18)11-8-14-12(15-9-11)13-7-3-6-10-4-1-2-5-10/h8-10H,1-7H2,(H,13,14,15). The van der Waals surface area contributed by atoms with Crippen LogP contribution in [0.15, 0.2) is 12.4 Å². The summed E-state index contributed by atoms with van der Waals surface area (Å²) in [4.78, 5) is 17.7. The van der Waals surface area contributed by atoms with Gasteiger partial charge in [-0.15, -0.1) is 0 Å². The lowest BCUT2D eigenvalue weighted by molar-refractivity contribution is -0.385. The van der Waals surface area contributed by atoms with Crippen LogP contribution in [-0.4, -0.2) is 21.4 Å². The number of hydrogen-bond donors (Lipinski definition) is 1. The van der Waals surface area contributed by atoms with Crippen molar-refractivity contribution in [2.24, 2.45) is 5.92 Å². The molecule has 1 aromatic heterocycles. The van der Waals surface area contributed by atoms with Gasteiger partial charge in [0.15, 0.2) is 0 Å². The molecule has 18 heavy (non-hydrogen) atoms. The van der Waals surface area contributed by atoms with E-state index >= 15 is 0 Å². The average Bonchev–Trinajstić information content (AvgIpc) is 2.88. The SMILES string of the molecule is O=[N+]([O-])c1cnc(NCCCC2CCCC2)nc1. The van der Waals surface area contributed by atoms with Gasteiger partial charge in [0.05, 0.1) is 4.92 Å². The Morgan fingerprint density at radius 3 is 2.61 bits per heavy atom. The maximum absolute atomic E-state index is 10.4. The zero-order valence-corrected chi connectivity index (χ0v) is 10.3. The van der Waals surface area contributed by atoms with E-state index in [4.69, 9.17) is 0 Å².